The Kier molecular flexibility index (Phi) is 4.03. The van der Waals surface area contributed by atoms with Gasteiger partial charge in [-0.15, -0.1) is 0 Å². The van der Waals surface area contributed by atoms with E-state index in [4.69, 9.17) is 9.47 Å². The largest absolute Gasteiger partial charge is 0.497 e. The van der Waals surface area contributed by atoms with Crippen LogP contribution in [0, 0.1) is 5.82 Å². The van der Waals surface area contributed by atoms with Crippen molar-refractivity contribution in [2.75, 3.05) is 14.2 Å². The third kappa shape index (κ3) is 2.64. The van der Waals surface area contributed by atoms with E-state index in [-0.39, 0.29) is 11.3 Å². The minimum atomic E-state index is -0.525. The number of rotatable bonds is 4. The lowest BCUT2D eigenvalue weighted by molar-refractivity contribution is 0.101. The average molecular weight is 274 g/mol. The van der Waals surface area contributed by atoms with Gasteiger partial charge in [0.25, 0.3) is 0 Å². The molecule has 0 fully saturated rings. The van der Waals surface area contributed by atoms with Gasteiger partial charge in [0.2, 0.25) is 0 Å². The fourth-order valence-electron chi connectivity index (χ4n) is 2.00. The molecule has 3 nitrogen and oxygen atoms in total. The average Bonchev–Trinajstić information content (AvgIpc) is 2.46. The van der Waals surface area contributed by atoms with E-state index < -0.39 is 5.82 Å². The summed E-state index contributed by atoms with van der Waals surface area (Å²) in [5, 5.41) is 0. The minimum absolute atomic E-state index is 0.0624. The summed E-state index contributed by atoms with van der Waals surface area (Å²) in [7, 11) is 3.12. The first-order chi connectivity index (χ1) is 9.56. The smallest absolute Gasteiger partial charge is 0.162 e. The van der Waals surface area contributed by atoms with Crippen molar-refractivity contribution in [2.45, 2.75) is 6.92 Å². The Morgan fingerprint density at radius 1 is 1.05 bits per heavy atom. The van der Waals surface area contributed by atoms with Crippen molar-refractivity contribution in [1.29, 1.82) is 0 Å². The van der Waals surface area contributed by atoms with Gasteiger partial charge < -0.3 is 9.47 Å². The zero-order chi connectivity index (χ0) is 14.7. The molecule has 0 aliphatic heterocycles. The van der Waals surface area contributed by atoms with Crippen LogP contribution < -0.4 is 9.47 Å². The summed E-state index contributed by atoms with van der Waals surface area (Å²) >= 11 is 0. The summed E-state index contributed by atoms with van der Waals surface area (Å²) in [6.45, 7) is 1.34. The Bertz CT molecular complexity index is 650. The third-order valence-electron chi connectivity index (χ3n) is 3.06. The Labute approximate surface area is 117 Å². The Morgan fingerprint density at radius 3 is 2.40 bits per heavy atom. The van der Waals surface area contributed by atoms with Gasteiger partial charge in [-0.2, -0.15) is 0 Å². The van der Waals surface area contributed by atoms with Gasteiger partial charge in [-0.05, 0) is 42.8 Å². The molecule has 0 aliphatic carbocycles. The fraction of sp³-hybridized carbons (Fsp3) is 0.188. The maximum Gasteiger partial charge on any atom is 0.162 e. The van der Waals surface area contributed by atoms with Gasteiger partial charge in [-0.25, -0.2) is 4.39 Å². The number of hydrogen-bond donors (Lipinski definition) is 0. The van der Waals surface area contributed by atoms with Crippen LogP contribution in [0.4, 0.5) is 4.39 Å². The molecular formula is C16H15FO3. The van der Waals surface area contributed by atoms with Crippen LogP contribution in [0.15, 0.2) is 36.4 Å². The molecule has 2 aromatic carbocycles. The van der Waals surface area contributed by atoms with Crippen LogP contribution in [0.2, 0.25) is 0 Å². The molecule has 0 atom stereocenters. The standard InChI is InChI=1S/C16H15FO3/c1-10(18)13-8-11(4-6-15(13)17)14-9-12(19-2)5-7-16(14)20-3/h4-9H,1-3H3. The number of hydrogen-bond acceptors (Lipinski definition) is 3. The highest BCUT2D eigenvalue weighted by molar-refractivity contribution is 5.95. The number of halogens is 1. The second-order valence-corrected chi connectivity index (χ2v) is 4.32. The molecule has 0 aliphatic rings. The summed E-state index contributed by atoms with van der Waals surface area (Å²) in [6, 6.07) is 9.75. The zero-order valence-electron chi connectivity index (χ0n) is 11.6. The lowest BCUT2D eigenvalue weighted by atomic mass is 10.00. The minimum Gasteiger partial charge on any atom is -0.497 e. The van der Waals surface area contributed by atoms with E-state index >= 15 is 0 Å². The predicted molar refractivity (Wildman–Crippen MR) is 74.9 cm³/mol. The summed E-state index contributed by atoms with van der Waals surface area (Å²) in [4.78, 5) is 11.4. The predicted octanol–water partition coefficient (Wildman–Crippen LogP) is 3.71. The lowest BCUT2D eigenvalue weighted by Crippen LogP contribution is -1.98. The van der Waals surface area contributed by atoms with Crippen LogP contribution in [-0.4, -0.2) is 20.0 Å². The van der Waals surface area contributed by atoms with Crippen LogP contribution in [0.25, 0.3) is 11.1 Å². The Hall–Kier alpha value is -2.36. The molecule has 2 rings (SSSR count). The van der Waals surface area contributed by atoms with Crippen LogP contribution in [0.5, 0.6) is 11.5 Å². The summed E-state index contributed by atoms with van der Waals surface area (Å²) in [5.74, 6) is 0.454. The van der Waals surface area contributed by atoms with E-state index in [1.54, 1.807) is 38.5 Å². The second-order valence-electron chi connectivity index (χ2n) is 4.32. The van der Waals surface area contributed by atoms with E-state index in [0.717, 1.165) is 5.56 Å². The highest BCUT2D eigenvalue weighted by atomic mass is 19.1. The molecule has 0 heterocycles. The number of methoxy groups -OCH3 is 2. The summed E-state index contributed by atoms with van der Waals surface area (Å²) in [6.07, 6.45) is 0. The summed E-state index contributed by atoms with van der Waals surface area (Å²) in [5.41, 5.74) is 1.51. The van der Waals surface area contributed by atoms with E-state index in [1.165, 1.54) is 19.1 Å². The molecule has 2 aromatic rings. The number of Topliss-reactive ketones (excluding diaryl/α,β-unsaturated/α-hetero) is 1. The van der Waals surface area contributed by atoms with E-state index in [0.29, 0.717) is 17.1 Å². The highest BCUT2D eigenvalue weighted by Crippen LogP contribution is 2.34. The van der Waals surface area contributed by atoms with Crippen molar-refractivity contribution in [2.24, 2.45) is 0 Å². The maximum atomic E-state index is 13.6. The SMILES string of the molecule is COc1ccc(OC)c(-c2ccc(F)c(C(C)=O)c2)c1. The Balaban J connectivity index is 2.61. The van der Waals surface area contributed by atoms with E-state index in [2.05, 4.69) is 0 Å². The van der Waals surface area contributed by atoms with Crippen molar-refractivity contribution in [3.05, 3.63) is 47.8 Å². The third-order valence-corrected chi connectivity index (χ3v) is 3.06. The first-order valence-corrected chi connectivity index (χ1v) is 6.09. The molecule has 0 amide bonds. The van der Waals surface area contributed by atoms with Gasteiger partial charge in [-0.3, -0.25) is 4.79 Å². The topological polar surface area (TPSA) is 35.5 Å². The molecule has 0 saturated carbocycles. The molecule has 4 heteroatoms. The van der Waals surface area contributed by atoms with Crippen molar-refractivity contribution in [3.8, 4) is 22.6 Å². The van der Waals surface area contributed by atoms with Gasteiger partial charge in [0.1, 0.15) is 17.3 Å². The number of ketones is 1. The molecule has 104 valence electrons. The van der Waals surface area contributed by atoms with Crippen molar-refractivity contribution < 1.29 is 18.7 Å². The summed E-state index contributed by atoms with van der Waals surface area (Å²) < 4.78 is 24.1. The van der Waals surface area contributed by atoms with Crippen LogP contribution >= 0.6 is 0 Å². The Morgan fingerprint density at radius 2 is 1.80 bits per heavy atom. The van der Waals surface area contributed by atoms with Gasteiger partial charge in [0.05, 0.1) is 19.8 Å². The van der Waals surface area contributed by atoms with E-state index in [9.17, 15) is 9.18 Å². The first-order valence-electron chi connectivity index (χ1n) is 6.09. The lowest BCUT2D eigenvalue weighted by Gasteiger charge is -2.11. The highest BCUT2D eigenvalue weighted by Gasteiger charge is 2.12. The normalized spacial score (nSPS) is 10.2. The molecule has 0 bridgehead atoms. The van der Waals surface area contributed by atoms with Crippen molar-refractivity contribution in [1.82, 2.24) is 0 Å². The molecule has 0 radical (unpaired) electrons. The number of carbonyl (C=O) groups is 1. The molecule has 0 N–H and O–H groups in total. The molecule has 0 unspecified atom stereocenters. The second kappa shape index (κ2) is 5.74. The first kappa shape index (κ1) is 14.1. The fourth-order valence-corrected chi connectivity index (χ4v) is 2.00. The van der Waals surface area contributed by atoms with Crippen molar-refractivity contribution >= 4 is 5.78 Å². The van der Waals surface area contributed by atoms with Crippen LogP contribution in [-0.2, 0) is 0 Å². The number of benzene rings is 2. The molecule has 20 heavy (non-hydrogen) atoms. The van der Waals surface area contributed by atoms with Crippen LogP contribution in [0.1, 0.15) is 17.3 Å². The quantitative estimate of drug-likeness (QED) is 0.797. The van der Waals surface area contributed by atoms with Gasteiger partial charge in [0, 0.05) is 5.56 Å². The van der Waals surface area contributed by atoms with Gasteiger partial charge >= 0.3 is 0 Å². The maximum absolute atomic E-state index is 13.6. The van der Waals surface area contributed by atoms with E-state index in [1.807, 2.05) is 0 Å². The zero-order valence-corrected chi connectivity index (χ0v) is 11.6. The number of carbonyl (C=O) groups excluding carboxylic acids is 1. The molecule has 0 spiro atoms. The monoisotopic (exact) mass is 274 g/mol. The van der Waals surface area contributed by atoms with Gasteiger partial charge in [-0.1, -0.05) is 6.07 Å². The van der Waals surface area contributed by atoms with Crippen molar-refractivity contribution in [3.63, 3.8) is 0 Å². The molecular weight excluding hydrogens is 259 g/mol. The number of ether oxygens (including phenoxy) is 2. The molecule has 0 saturated heterocycles. The molecule has 0 aromatic heterocycles. The van der Waals surface area contributed by atoms with Gasteiger partial charge in [0.15, 0.2) is 5.78 Å². The van der Waals surface area contributed by atoms with Crippen LogP contribution in [0.3, 0.4) is 0 Å².